The Labute approximate surface area is 84.9 Å². The SMILES string of the molecule is CCCc1noc(C(N)C(C)CC)n1. The van der Waals surface area contributed by atoms with E-state index in [0.29, 0.717) is 11.8 Å². The zero-order valence-corrected chi connectivity index (χ0v) is 9.16. The van der Waals surface area contributed by atoms with E-state index in [-0.39, 0.29) is 6.04 Å². The fourth-order valence-corrected chi connectivity index (χ4v) is 1.23. The zero-order valence-electron chi connectivity index (χ0n) is 9.16. The van der Waals surface area contributed by atoms with Crippen molar-refractivity contribution in [2.24, 2.45) is 11.7 Å². The van der Waals surface area contributed by atoms with Crippen LogP contribution in [0.15, 0.2) is 4.52 Å². The Hall–Kier alpha value is -0.900. The van der Waals surface area contributed by atoms with Gasteiger partial charge in [0.05, 0.1) is 6.04 Å². The Kier molecular flexibility index (Phi) is 4.07. The standard InChI is InChI=1S/C10H19N3O/c1-4-6-8-12-10(14-13-8)9(11)7(3)5-2/h7,9H,4-6,11H2,1-3H3. The number of hydrogen-bond acceptors (Lipinski definition) is 4. The minimum Gasteiger partial charge on any atom is -0.338 e. The summed E-state index contributed by atoms with van der Waals surface area (Å²) in [5.74, 6) is 1.72. The van der Waals surface area contributed by atoms with Gasteiger partial charge in [-0.15, -0.1) is 0 Å². The lowest BCUT2D eigenvalue weighted by Crippen LogP contribution is -2.18. The van der Waals surface area contributed by atoms with Crippen LogP contribution in [0.1, 0.15) is 51.4 Å². The van der Waals surface area contributed by atoms with Crippen LogP contribution in [-0.2, 0) is 6.42 Å². The fourth-order valence-electron chi connectivity index (χ4n) is 1.23. The summed E-state index contributed by atoms with van der Waals surface area (Å²) in [6.45, 7) is 6.28. The third kappa shape index (κ3) is 2.54. The second-order valence-corrected chi connectivity index (χ2v) is 3.71. The van der Waals surface area contributed by atoms with E-state index in [2.05, 4.69) is 30.9 Å². The molecule has 1 aromatic rings. The highest BCUT2D eigenvalue weighted by atomic mass is 16.5. The molecule has 2 atom stereocenters. The van der Waals surface area contributed by atoms with Crippen LogP contribution in [0.2, 0.25) is 0 Å². The summed E-state index contributed by atoms with van der Waals surface area (Å²) in [5, 5.41) is 3.88. The van der Waals surface area contributed by atoms with Crippen LogP contribution in [0.25, 0.3) is 0 Å². The van der Waals surface area contributed by atoms with Gasteiger partial charge in [-0.25, -0.2) is 0 Å². The molecule has 4 heteroatoms. The number of nitrogens with two attached hydrogens (primary N) is 1. The molecule has 0 spiro atoms. The Morgan fingerprint density at radius 3 is 2.71 bits per heavy atom. The third-order valence-electron chi connectivity index (χ3n) is 2.50. The van der Waals surface area contributed by atoms with Gasteiger partial charge in [-0.1, -0.05) is 32.3 Å². The Balaban J connectivity index is 2.65. The van der Waals surface area contributed by atoms with Gasteiger partial charge in [0.1, 0.15) is 0 Å². The summed E-state index contributed by atoms with van der Waals surface area (Å²) in [5.41, 5.74) is 5.96. The first kappa shape index (κ1) is 11.2. The van der Waals surface area contributed by atoms with Crippen LogP contribution >= 0.6 is 0 Å². The Morgan fingerprint density at radius 2 is 2.14 bits per heavy atom. The zero-order chi connectivity index (χ0) is 10.6. The third-order valence-corrected chi connectivity index (χ3v) is 2.50. The average Bonchev–Trinajstić information content (AvgIpc) is 2.64. The van der Waals surface area contributed by atoms with E-state index in [1.54, 1.807) is 0 Å². The van der Waals surface area contributed by atoms with Gasteiger partial charge in [0.2, 0.25) is 5.89 Å². The molecule has 1 heterocycles. The van der Waals surface area contributed by atoms with Crippen molar-refractivity contribution in [1.29, 1.82) is 0 Å². The summed E-state index contributed by atoms with van der Waals surface area (Å²) in [7, 11) is 0. The molecule has 0 saturated carbocycles. The normalized spacial score (nSPS) is 15.4. The van der Waals surface area contributed by atoms with Gasteiger partial charge in [0.15, 0.2) is 5.82 Å². The maximum atomic E-state index is 5.96. The van der Waals surface area contributed by atoms with Crippen molar-refractivity contribution < 1.29 is 4.52 Å². The molecule has 2 unspecified atom stereocenters. The van der Waals surface area contributed by atoms with Crippen molar-refractivity contribution in [3.05, 3.63) is 11.7 Å². The van der Waals surface area contributed by atoms with Crippen LogP contribution in [0.4, 0.5) is 0 Å². The van der Waals surface area contributed by atoms with E-state index in [4.69, 9.17) is 10.3 Å². The van der Waals surface area contributed by atoms with Crippen LogP contribution in [0.5, 0.6) is 0 Å². The van der Waals surface area contributed by atoms with E-state index in [1.807, 2.05) is 0 Å². The molecule has 80 valence electrons. The maximum Gasteiger partial charge on any atom is 0.243 e. The molecule has 14 heavy (non-hydrogen) atoms. The molecule has 0 radical (unpaired) electrons. The summed E-state index contributed by atoms with van der Waals surface area (Å²) >= 11 is 0. The number of nitrogens with zero attached hydrogens (tertiary/aromatic N) is 2. The number of aromatic nitrogens is 2. The molecule has 0 aliphatic rings. The largest absolute Gasteiger partial charge is 0.338 e. The highest BCUT2D eigenvalue weighted by Crippen LogP contribution is 2.20. The first-order chi connectivity index (χ1) is 6.69. The minimum atomic E-state index is -0.127. The topological polar surface area (TPSA) is 64.9 Å². The number of rotatable bonds is 5. The quantitative estimate of drug-likeness (QED) is 0.784. The summed E-state index contributed by atoms with van der Waals surface area (Å²) in [4.78, 5) is 4.27. The molecular formula is C10H19N3O. The van der Waals surface area contributed by atoms with Crippen molar-refractivity contribution in [2.45, 2.75) is 46.1 Å². The van der Waals surface area contributed by atoms with Crippen molar-refractivity contribution in [3.63, 3.8) is 0 Å². The lowest BCUT2D eigenvalue weighted by Gasteiger charge is -2.12. The van der Waals surface area contributed by atoms with Crippen molar-refractivity contribution in [3.8, 4) is 0 Å². The minimum absolute atomic E-state index is 0.127. The first-order valence-corrected chi connectivity index (χ1v) is 5.27. The van der Waals surface area contributed by atoms with Gasteiger partial charge in [-0.2, -0.15) is 4.98 Å². The van der Waals surface area contributed by atoms with Gasteiger partial charge in [-0.3, -0.25) is 0 Å². The fraction of sp³-hybridized carbons (Fsp3) is 0.800. The molecule has 0 aromatic carbocycles. The van der Waals surface area contributed by atoms with Crippen molar-refractivity contribution in [1.82, 2.24) is 10.1 Å². The number of hydrogen-bond donors (Lipinski definition) is 1. The summed E-state index contributed by atoms with van der Waals surface area (Å²) < 4.78 is 5.12. The van der Waals surface area contributed by atoms with Crippen LogP contribution in [0, 0.1) is 5.92 Å². The van der Waals surface area contributed by atoms with Gasteiger partial charge in [0.25, 0.3) is 0 Å². The molecule has 1 aromatic heterocycles. The molecule has 0 saturated heterocycles. The van der Waals surface area contributed by atoms with Gasteiger partial charge in [-0.05, 0) is 12.3 Å². The highest BCUT2D eigenvalue weighted by Gasteiger charge is 2.19. The highest BCUT2D eigenvalue weighted by molar-refractivity contribution is 4.93. The van der Waals surface area contributed by atoms with E-state index in [1.165, 1.54) is 0 Å². The van der Waals surface area contributed by atoms with Crippen molar-refractivity contribution in [2.75, 3.05) is 0 Å². The molecule has 1 rings (SSSR count). The Morgan fingerprint density at radius 1 is 1.43 bits per heavy atom. The molecular weight excluding hydrogens is 178 g/mol. The average molecular weight is 197 g/mol. The van der Waals surface area contributed by atoms with Crippen LogP contribution in [-0.4, -0.2) is 10.1 Å². The molecule has 4 nitrogen and oxygen atoms in total. The van der Waals surface area contributed by atoms with Crippen LogP contribution in [0.3, 0.4) is 0 Å². The summed E-state index contributed by atoms with van der Waals surface area (Å²) in [6, 6.07) is -0.127. The predicted octanol–water partition coefficient (Wildman–Crippen LogP) is 2.07. The van der Waals surface area contributed by atoms with Gasteiger partial charge in [0, 0.05) is 6.42 Å². The summed E-state index contributed by atoms with van der Waals surface area (Å²) in [6.07, 6.45) is 2.90. The second-order valence-electron chi connectivity index (χ2n) is 3.71. The van der Waals surface area contributed by atoms with Gasteiger partial charge >= 0.3 is 0 Å². The Bertz CT molecular complexity index is 272. The van der Waals surface area contributed by atoms with Gasteiger partial charge < -0.3 is 10.3 Å². The second kappa shape index (κ2) is 5.10. The molecule has 0 aliphatic carbocycles. The first-order valence-electron chi connectivity index (χ1n) is 5.27. The predicted molar refractivity (Wildman–Crippen MR) is 54.7 cm³/mol. The molecule has 0 amide bonds. The molecule has 0 aliphatic heterocycles. The number of aryl methyl sites for hydroxylation is 1. The monoisotopic (exact) mass is 197 g/mol. The van der Waals surface area contributed by atoms with E-state index in [9.17, 15) is 0 Å². The smallest absolute Gasteiger partial charge is 0.243 e. The van der Waals surface area contributed by atoms with Crippen LogP contribution < -0.4 is 5.73 Å². The molecule has 2 N–H and O–H groups in total. The maximum absolute atomic E-state index is 5.96. The van der Waals surface area contributed by atoms with E-state index in [0.717, 1.165) is 25.1 Å². The molecule has 0 fully saturated rings. The van der Waals surface area contributed by atoms with E-state index < -0.39 is 0 Å². The molecule has 0 bridgehead atoms. The van der Waals surface area contributed by atoms with E-state index >= 15 is 0 Å². The lowest BCUT2D eigenvalue weighted by molar-refractivity contribution is 0.310. The lowest BCUT2D eigenvalue weighted by atomic mass is 10.0. The van der Waals surface area contributed by atoms with Crippen molar-refractivity contribution >= 4 is 0 Å².